The first-order valence-electron chi connectivity index (χ1n) is 12.7. The zero-order valence-electron chi connectivity index (χ0n) is 21.4. The molecule has 6 rings (SSSR count). The number of benzene rings is 6. The fourth-order valence-corrected chi connectivity index (χ4v) is 5.06. The Balaban J connectivity index is 1.45. The summed E-state index contributed by atoms with van der Waals surface area (Å²) < 4.78 is 12.4. The van der Waals surface area contributed by atoms with Gasteiger partial charge in [-0.05, 0) is 63.9 Å². The number of fused-ring (bicyclic) bond motifs is 2. The summed E-state index contributed by atoms with van der Waals surface area (Å²) in [6.45, 7) is 2.04. The molecule has 0 aromatic heterocycles. The van der Waals surface area contributed by atoms with Crippen LogP contribution in [0, 0.1) is 6.92 Å². The molecular weight excluding hydrogens is 468 g/mol. The molecule has 0 aliphatic heterocycles. The van der Waals surface area contributed by atoms with Crippen molar-refractivity contribution in [3.05, 3.63) is 138 Å². The van der Waals surface area contributed by atoms with Crippen molar-refractivity contribution in [2.45, 2.75) is 13.0 Å². The van der Waals surface area contributed by atoms with E-state index in [-0.39, 0.29) is 0 Å². The summed E-state index contributed by atoms with van der Waals surface area (Å²) in [5.41, 5.74) is 4.84. The van der Waals surface area contributed by atoms with Crippen LogP contribution in [0.2, 0.25) is 0 Å². The van der Waals surface area contributed by atoms with Gasteiger partial charge in [-0.2, -0.15) is 0 Å². The van der Waals surface area contributed by atoms with Crippen LogP contribution in [-0.4, -0.2) is 12.2 Å². The lowest BCUT2D eigenvalue weighted by molar-refractivity contribution is 0.220. The molecule has 0 aliphatic rings. The molecule has 0 saturated carbocycles. The van der Waals surface area contributed by atoms with Crippen LogP contribution in [0.3, 0.4) is 0 Å². The third-order valence-corrected chi connectivity index (χ3v) is 7.07. The lowest BCUT2D eigenvalue weighted by Gasteiger charge is -2.19. The van der Waals surface area contributed by atoms with Crippen LogP contribution in [0.4, 0.5) is 0 Å². The van der Waals surface area contributed by atoms with Gasteiger partial charge in [0.15, 0.2) is 0 Å². The number of aryl methyl sites for hydroxylation is 1. The van der Waals surface area contributed by atoms with Gasteiger partial charge in [0.05, 0.1) is 7.11 Å². The second-order valence-electron chi connectivity index (χ2n) is 9.51. The molecule has 186 valence electrons. The highest BCUT2D eigenvalue weighted by Gasteiger charge is 2.19. The van der Waals surface area contributed by atoms with Crippen LogP contribution in [0.1, 0.15) is 22.8 Å². The number of methoxy groups -OCH3 is 1. The molecule has 1 unspecified atom stereocenters. The van der Waals surface area contributed by atoms with Crippen LogP contribution >= 0.6 is 0 Å². The average Bonchev–Trinajstić information content (AvgIpc) is 2.97. The molecule has 0 heterocycles. The van der Waals surface area contributed by atoms with E-state index in [1.165, 1.54) is 5.56 Å². The Hall–Kier alpha value is -4.60. The third kappa shape index (κ3) is 4.38. The lowest BCUT2D eigenvalue weighted by Crippen LogP contribution is -1.99. The molecule has 0 amide bonds. The Bertz CT molecular complexity index is 1730. The maximum Gasteiger partial charge on any atom is 0.136 e. The molecule has 0 saturated heterocycles. The van der Waals surface area contributed by atoms with Gasteiger partial charge in [0.25, 0.3) is 0 Å². The summed E-state index contributed by atoms with van der Waals surface area (Å²) in [5, 5.41) is 15.3. The molecule has 0 bridgehead atoms. The number of aliphatic hydroxyl groups is 1. The molecular formula is C35H28O3. The van der Waals surface area contributed by atoms with Gasteiger partial charge in [-0.25, -0.2) is 0 Å². The maximum absolute atomic E-state index is 10.9. The standard InChI is InChI=1S/C35H28O3/c1-23-11-13-26(14-12-23)35(36)27-15-19-28(20-16-27)38-32-22-18-25-8-4-6-10-30(25)34(32)33-29-9-5-3-7-24(29)17-21-31(33)37-2/h3-22,35-36H,1-2H3. The van der Waals surface area contributed by atoms with E-state index in [0.29, 0.717) is 5.75 Å². The van der Waals surface area contributed by atoms with Crippen molar-refractivity contribution < 1.29 is 14.6 Å². The van der Waals surface area contributed by atoms with Crippen molar-refractivity contribution in [2.75, 3.05) is 7.11 Å². The van der Waals surface area contributed by atoms with Crippen LogP contribution in [-0.2, 0) is 0 Å². The van der Waals surface area contributed by atoms with Crippen LogP contribution in [0.15, 0.2) is 121 Å². The van der Waals surface area contributed by atoms with E-state index in [1.54, 1.807) is 7.11 Å². The number of hydrogen-bond donors (Lipinski definition) is 1. The molecule has 1 atom stereocenters. The molecule has 38 heavy (non-hydrogen) atoms. The molecule has 0 aliphatic carbocycles. The Morgan fingerprint density at radius 2 is 1.05 bits per heavy atom. The summed E-state index contributed by atoms with van der Waals surface area (Å²) >= 11 is 0. The quantitative estimate of drug-likeness (QED) is 0.250. The first-order valence-corrected chi connectivity index (χ1v) is 12.7. The SMILES string of the molecule is COc1ccc2ccccc2c1-c1c(Oc2ccc(C(O)c3ccc(C)cc3)cc2)ccc2ccccc12. The summed E-state index contributed by atoms with van der Waals surface area (Å²) in [6, 6.07) is 40.5. The van der Waals surface area contributed by atoms with Crippen molar-refractivity contribution in [3.63, 3.8) is 0 Å². The van der Waals surface area contributed by atoms with Crippen molar-refractivity contribution in [1.29, 1.82) is 0 Å². The minimum atomic E-state index is -0.694. The monoisotopic (exact) mass is 496 g/mol. The van der Waals surface area contributed by atoms with Gasteiger partial charge in [0.1, 0.15) is 23.4 Å². The largest absolute Gasteiger partial charge is 0.496 e. The van der Waals surface area contributed by atoms with E-state index in [1.807, 2.05) is 79.7 Å². The highest BCUT2D eigenvalue weighted by molar-refractivity contribution is 6.09. The molecule has 6 aromatic rings. The first kappa shape index (κ1) is 23.8. The number of hydrogen-bond acceptors (Lipinski definition) is 3. The predicted molar refractivity (Wildman–Crippen MR) is 155 cm³/mol. The summed E-state index contributed by atoms with van der Waals surface area (Å²) in [5.74, 6) is 2.23. The van der Waals surface area contributed by atoms with Gasteiger partial charge in [-0.1, -0.05) is 103 Å². The molecule has 6 aromatic carbocycles. The van der Waals surface area contributed by atoms with Gasteiger partial charge >= 0.3 is 0 Å². The predicted octanol–water partition coefficient (Wildman–Crippen LogP) is 8.85. The Morgan fingerprint density at radius 1 is 0.553 bits per heavy atom. The van der Waals surface area contributed by atoms with Crippen LogP contribution < -0.4 is 9.47 Å². The number of aliphatic hydroxyl groups excluding tert-OH is 1. The van der Waals surface area contributed by atoms with Gasteiger partial charge < -0.3 is 14.6 Å². The normalized spacial score (nSPS) is 12.0. The molecule has 0 fully saturated rings. The van der Waals surface area contributed by atoms with E-state index in [0.717, 1.165) is 55.3 Å². The van der Waals surface area contributed by atoms with Gasteiger partial charge in [-0.15, -0.1) is 0 Å². The molecule has 0 spiro atoms. The van der Waals surface area contributed by atoms with Crippen LogP contribution in [0.5, 0.6) is 17.2 Å². The van der Waals surface area contributed by atoms with Crippen molar-refractivity contribution in [2.24, 2.45) is 0 Å². The zero-order chi connectivity index (χ0) is 26.1. The lowest BCUT2D eigenvalue weighted by atomic mass is 9.92. The molecule has 3 heteroatoms. The van der Waals surface area contributed by atoms with E-state index in [2.05, 4.69) is 48.5 Å². The fourth-order valence-electron chi connectivity index (χ4n) is 5.06. The van der Waals surface area contributed by atoms with Gasteiger partial charge in [0.2, 0.25) is 0 Å². The molecule has 1 N–H and O–H groups in total. The van der Waals surface area contributed by atoms with E-state index < -0.39 is 6.10 Å². The number of rotatable bonds is 6. The second-order valence-corrected chi connectivity index (χ2v) is 9.51. The van der Waals surface area contributed by atoms with Crippen LogP contribution in [0.25, 0.3) is 32.7 Å². The second kappa shape index (κ2) is 10.0. The topological polar surface area (TPSA) is 38.7 Å². The summed E-state index contributed by atoms with van der Waals surface area (Å²) in [7, 11) is 1.71. The average molecular weight is 497 g/mol. The molecule has 0 radical (unpaired) electrons. The number of ether oxygens (including phenoxy) is 2. The minimum Gasteiger partial charge on any atom is -0.496 e. The zero-order valence-corrected chi connectivity index (χ0v) is 21.4. The fraction of sp³-hybridized carbons (Fsp3) is 0.0857. The summed E-state index contributed by atoms with van der Waals surface area (Å²) in [6.07, 6.45) is -0.694. The highest BCUT2D eigenvalue weighted by Crippen LogP contribution is 2.46. The Kier molecular flexibility index (Phi) is 6.28. The van der Waals surface area contributed by atoms with Crippen molar-refractivity contribution >= 4 is 21.5 Å². The summed E-state index contributed by atoms with van der Waals surface area (Å²) in [4.78, 5) is 0. The smallest absolute Gasteiger partial charge is 0.136 e. The van der Waals surface area contributed by atoms with E-state index in [4.69, 9.17) is 9.47 Å². The van der Waals surface area contributed by atoms with Crippen molar-refractivity contribution in [3.8, 4) is 28.4 Å². The minimum absolute atomic E-state index is 0.694. The third-order valence-electron chi connectivity index (χ3n) is 7.07. The Morgan fingerprint density at radius 3 is 1.63 bits per heavy atom. The van der Waals surface area contributed by atoms with Crippen molar-refractivity contribution in [1.82, 2.24) is 0 Å². The van der Waals surface area contributed by atoms with Gasteiger partial charge in [-0.3, -0.25) is 0 Å². The Labute approximate surface area is 222 Å². The molecule has 3 nitrogen and oxygen atoms in total. The first-order chi connectivity index (χ1) is 18.6. The highest BCUT2D eigenvalue weighted by atomic mass is 16.5. The van der Waals surface area contributed by atoms with E-state index in [9.17, 15) is 5.11 Å². The van der Waals surface area contributed by atoms with Gasteiger partial charge in [0, 0.05) is 11.1 Å². The maximum atomic E-state index is 10.9. The van der Waals surface area contributed by atoms with E-state index >= 15 is 0 Å².